The summed E-state index contributed by atoms with van der Waals surface area (Å²) in [5, 5.41) is 3.33. The Labute approximate surface area is 121 Å². The van der Waals surface area contributed by atoms with Crippen molar-refractivity contribution < 1.29 is 9.47 Å². The molecule has 0 radical (unpaired) electrons. The fourth-order valence-electron chi connectivity index (χ4n) is 2.15. The molecule has 1 aromatic heterocycles. The van der Waals surface area contributed by atoms with Gasteiger partial charge in [0.15, 0.2) is 0 Å². The van der Waals surface area contributed by atoms with Crippen LogP contribution in [-0.4, -0.2) is 55.9 Å². The molecule has 2 heterocycles. The van der Waals surface area contributed by atoms with Gasteiger partial charge in [0, 0.05) is 19.6 Å². The third kappa shape index (κ3) is 5.07. The summed E-state index contributed by atoms with van der Waals surface area (Å²) in [7, 11) is 2.11. The quantitative estimate of drug-likeness (QED) is 0.762. The summed E-state index contributed by atoms with van der Waals surface area (Å²) in [6.45, 7) is 7.27. The molecule has 0 saturated carbocycles. The second-order valence-electron chi connectivity index (χ2n) is 5.23. The summed E-state index contributed by atoms with van der Waals surface area (Å²) in [5.41, 5.74) is 1.04. The number of nitrogens with zero attached hydrogens (tertiary/aromatic N) is 2. The van der Waals surface area contributed by atoms with Crippen LogP contribution in [0.5, 0.6) is 5.75 Å². The van der Waals surface area contributed by atoms with E-state index in [-0.39, 0.29) is 6.10 Å². The summed E-state index contributed by atoms with van der Waals surface area (Å²) >= 11 is 0. The van der Waals surface area contributed by atoms with Crippen molar-refractivity contribution in [3.05, 3.63) is 24.0 Å². The molecule has 0 bridgehead atoms. The SMILES string of the molecule is CCCNCc1ccc(OCC2CN(C)CCO2)cn1. The van der Waals surface area contributed by atoms with Gasteiger partial charge >= 0.3 is 0 Å². The van der Waals surface area contributed by atoms with Crippen molar-refractivity contribution in [2.75, 3.05) is 39.9 Å². The number of hydrogen-bond acceptors (Lipinski definition) is 5. The lowest BCUT2D eigenvalue weighted by molar-refractivity contribution is -0.0404. The van der Waals surface area contributed by atoms with Gasteiger partial charge in [-0.05, 0) is 32.1 Å². The molecule has 1 saturated heterocycles. The Bertz CT molecular complexity index is 383. The molecular weight excluding hydrogens is 254 g/mol. The van der Waals surface area contributed by atoms with Crippen LogP contribution < -0.4 is 10.1 Å². The number of hydrogen-bond donors (Lipinski definition) is 1. The minimum atomic E-state index is 0.152. The summed E-state index contributed by atoms with van der Waals surface area (Å²) in [5.74, 6) is 0.807. The van der Waals surface area contributed by atoms with Gasteiger partial charge in [0.2, 0.25) is 0 Å². The number of aromatic nitrogens is 1. The minimum Gasteiger partial charge on any atom is -0.489 e. The number of likely N-dealkylation sites (N-methyl/N-ethyl adjacent to an activating group) is 1. The van der Waals surface area contributed by atoms with Crippen LogP contribution in [0.1, 0.15) is 19.0 Å². The molecule has 20 heavy (non-hydrogen) atoms. The van der Waals surface area contributed by atoms with E-state index in [1.807, 2.05) is 12.1 Å². The topological polar surface area (TPSA) is 46.6 Å². The van der Waals surface area contributed by atoms with E-state index >= 15 is 0 Å². The molecule has 0 spiro atoms. The van der Waals surface area contributed by atoms with Crippen molar-refractivity contribution in [3.8, 4) is 5.75 Å². The zero-order valence-corrected chi connectivity index (χ0v) is 12.5. The van der Waals surface area contributed by atoms with Gasteiger partial charge in [-0.2, -0.15) is 0 Å². The maximum absolute atomic E-state index is 5.74. The monoisotopic (exact) mass is 279 g/mol. The Hall–Kier alpha value is -1.17. The minimum absolute atomic E-state index is 0.152. The zero-order valence-electron chi connectivity index (χ0n) is 12.5. The van der Waals surface area contributed by atoms with E-state index in [9.17, 15) is 0 Å². The Morgan fingerprint density at radius 2 is 2.40 bits per heavy atom. The molecule has 112 valence electrons. The van der Waals surface area contributed by atoms with E-state index in [1.165, 1.54) is 0 Å². The largest absolute Gasteiger partial charge is 0.489 e. The molecule has 0 amide bonds. The number of morpholine rings is 1. The van der Waals surface area contributed by atoms with Gasteiger partial charge in [0.05, 0.1) is 18.5 Å². The molecule has 0 aromatic carbocycles. The third-order valence-electron chi connectivity index (χ3n) is 3.31. The van der Waals surface area contributed by atoms with E-state index in [0.29, 0.717) is 6.61 Å². The standard InChI is InChI=1S/C15H25N3O2/c1-3-6-16-9-13-4-5-14(10-17-13)20-12-15-11-18(2)7-8-19-15/h4-5,10,15-16H,3,6-9,11-12H2,1-2H3. The van der Waals surface area contributed by atoms with E-state index in [2.05, 4.69) is 29.2 Å². The van der Waals surface area contributed by atoms with Crippen LogP contribution in [0.3, 0.4) is 0 Å². The van der Waals surface area contributed by atoms with E-state index < -0.39 is 0 Å². The predicted molar refractivity (Wildman–Crippen MR) is 79.0 cm³/mol. The van der Waals surface area contributed by atoms with E-state index in [0.717, 1.165) is 50.7 Å². The molecule has 2 rings (SSSR count). The predicted octanol–water partition coefficient (Wildman–Crippen LogP) is 1.29. The first kappa shape index (κ1) is 15.2. The van der Waals surface area contributed by atoms with Gasteiger partial charge < -0.3 is 19.7 Å². The lowest BCUT2D eigenvalue weighted by Gasteiger charge is -2.29. The van der Waals surface area contributed by atoms with E-state index in [4.69, 9.17) is 9.47 Å². The number of nitrogens with one attached hydrogen (secondary N) is 1. The second-order valence-corrected chi connectivity index (χ2v) is 5.23. The Morgan fingerprint density at radius 1 is 1.50 bits per heavy atom. The highest BCUT2D eigenvalue weighted by Gasteiger charge is 2.18. The molecule has 1 aliphatic heterocycles. The molecule has 5 heteroatoms. The fourth-order valence-corrected chi connectivity index (χ4v) is 2.15. The Balaban J connectivity index is 1.73. The summed E-state index contributed by atoms with van der Waals surface area (Å²) in [6, 6.07) is 3.98. The number of pyridine rings is 1. The van der Waals surface area contributed by atoms with Crippen LogP contribution in [0.15, 0.2) is 18.3 Å². The van der Waals surface area contributed by atoms with Gasteiger partial charge in [-0.1, -0.05) is 6.92 Å². The maximum atomic E-state index is 5.74. The molecular formula is C15H25N3O2. The van der Waals surface area contributed by atoms with Crippen molar-refractivity contribution in [1.29, 1.82) is 0 Å². The molecule has 1 aromatic rings. The first-order valence-electron chi connectivity index (χ1n) is 7.36. The van der Waals surface area contributed by atoms with E-state index in [1.54, 1.807) is 6.20 Å². The average Bonchev–Trinajstić information content (AvgIpc) is 2.47. The van der Waals surface area contributed by atoms with Crippen molar-refractivity contribution in [2.24, 2.45) is 0 Å². The highest BCUT2D eigenvalue weighted by molar-refractivity contribution is 5.19. The van der Waals surface area contributed by atoms with Crippen LogP contribution >= 0.6 is 0 Å². The van der Waals surface area contributed by atoms with Crippen LogP contribution in [0, 0.1) is 0 Å². The maximum Gasteiger partial charge on any atom is 0.137 e. The zero-order chi connectivity index (χ0) is 14.2. The van der Waals surface area contributed by atoms with Crippen molar-refractivity contribution in [3.63, 3.8) is 0 Å². The fraction of sp³-hybridized carbons (Fsp3) is 0.667. The highest BCUT2D eigenvalue weighted by Crippen LogP contribution is 2.11. The number of rotatable bonds is 7. The Kier molecular flexibility index (Phi) is 6.24. The molecule has 1 atom stereocenters. The van der Waals surface area contributed by atoms with Crippen LogP contribution in [0.4, 0.5) is 0 Å². The van der Waals surface area contributed by atoms with Gasteiger partial charge in [0.1, 0.15) is 18.5 Å². The molecule has 1 unspecified atom stereocenters. The normalized spacial score (nSPS) is 20.0. The summed E-state index contributed by atoms with van der Waals surface area (Å²) < 4.78 is 11.4. The molecule has 1 N–H and O–H groups in total. The van der Waals surface area contributed by atoms with Crippen molar-refractivity contribution >= 4 is 0 Å². The van der Waals surface area contributed by atoms with Gasteiger partial charge in [-0.15, -0.1) is 0 Å². The van der Waals surface area contributed by atoms with Crippen LogP contribution in [0.2, 0.25) is 0 Å². The van der Waals surface area contributed by atoms with Gasteiger partial charge in [-0.25, -0.2) is 0 Å². The Morgan fingerprint density at radius 3 is 3.10 bits per heavy atom. The van der Waals surface area contributed by atoms with Crippen LogP contribution in [-0.2, 0) is 11.3 Å². The van der Waals surface area contributed by atoms with Crippen LogP contribution in [0.25, 0.3) is 0 Å². The first-order chi connectivity index (χ1) is 9.78. The molecule has 1 aliphatic rings. The lowest BCUT2D eigenvalue weighted by Crippen LogP contribution is -2.42. The summed E-state index contributed by atoms with van der Waals surface area (Å²) in [6.07, 6.45) is 3.08. The van der Waals surface area contributed by atoms with Gasteiger partial charge in [0.25, 0.3) is 0 Å². The highest BCUT2D eigenvalue weighted by atomic mass is 16.5. The number of ether oxygens (including phenoxy) is 2. The molecule has 0 aliphatic carbocycles. The van der Waals surface area contributed by atoms with Crippen molar-refractivity contribution in [2.45, 2.75) is 26.0 Å². The molecule has 1 fully saturated rings. The van der Waals surface area contributed by atoms with Crippen molar-refractivity contribution in [1.82, 2.24) is 15.2 Å². The first-order valence-corrected chi connectivity index (χ1v) is 7.36. The lowest BCUT2D eigenvalue weighted by atomic mass is 10.3. The summed E-state index contributed by atoms with van der Waals surface area (Å²) in [4.78, 5) is 6.65. The van der Waals surface area contributed by atoms with Gasteiger partial charge in [-0.3, -0.25) is 4.98 Å². The third-order valence-corrected chi connectivity index (χ3v) is 3.31. The average molecular weight is 279 g/mol. The molecule has 5 nitrogen and oxygen atoms in total. The second kappa shape index (κ2) is 8.19. The smallest absolute Gasteiger partial charge is 0.137 e.